The quantitative estimate of drug-likeness (QED) is 0.470. The fourth-order valence-corrected chi connectivity index (χ4v) is 5.60. The van der Waals surface area contributed by atoms with Crippen LogP contribution in [0.25, 0.3) is 0 Å². The maximum atomic E-state index is 15.0. The van der Waals surface area contributed by atoms with Crippen molar-refractivity contribution in [2.24, 2.45) is 9.50 Å². The van der Waals surface area contributed by atoms with Crippen LogP contribution in [0, 0.1) is 17.1 Å². The largest absolute Gasteiger partial charge is 0.390 e. The molecule has 0 spiro atoms. The number of amides is 2. The van der Waals surface area contributed by atoms with Crippen LogP contribution < -0.4 is 10.5 Å². The van der Waals surface area contributed by atoms with E-state index in [9.17, 15) is 28.9 Å². The molecule has 1 aromatic carbocycles. The molecule has 0 saturated heterocycles. The molecule has 1 atom stereocenters. The maximum absolute atomic E-state index is 15.0. The topological polar surface area (TPSA) is 162 Å². The molecular formula is C21H28FN5O4S2. The summed E-state index contributed by atoms with van der Waals surface area (Å²) in [6.07, 6.45) is 0. The van der Waals surface area contributed by atoms with Crippen LogP contribution >= 0.6 is 11.3 Å². The van der Waals surface area contributed by atoms with Crippen LogP contribution in [-0.4, -0.2) is 25.4 Å². The summed E-state index contributed by atoms with van der Waals surface area (Å²) >= 11 is 0.778. The Morgan fingerprint density at radius 3 is 2.45 bits per heavy atom. The third-order valence-corrected chi connectivity index (χ3v) is 8.08. The molecule has 12 heteroatoms. The highest BCUT2D eigenvalue weighted by Gasteiger charge is 2.28. The lowest BCUT2D eigenvalue weighted by Crippen LogP contribution is -2.20. The molecule has 2 aromatic rings. The number of hydrogen-bond acceptors (Lipinski definition) is 7. The summed E-state index contributed by atoms with van der Waals surface area (Å²) in [5, 5.41) is 37.5. The molecule has 1 heterocycles. The number of nitriles is 1. The summed E-state index contributed by atoms with van der Waals surface area (Å²) in [5.41, 5.74) is -0.801. The van der Waals surface area contributed by atoms with Crippen molar-refractivity contribution in [1.29, 1.82) is 5.26 Å². The first-order valence-corrected chi connectivity index (χ1v) is 12.5. The molecule has 0 bridgehead atoms. The molecule has 9 nitrogen and oxygen atoms in total. The van der Waals surface area contributed by atoms with Crippen molar-refractivity contribution in [3.63, 3.8) is 0 Å². The zero-order valence-corrected chi connectivity index (χ0v) is 20.9. The van der Waals surface area contributed by atoms with E-state index in [2.05, 4.69) is 14.7 Å². The molecule has 180 valence electrons. The minimum absolute atomic E-state index is 0.0590. The lowest BCUT2D eigenvalue weighted by atomic mass is 9.90. The van der Waals surface area contributed by atoms with Crippen molar-refractivity contribution in [2.75, 3.05) is 5.32 Å². The molecule has 2 amide bonds. The Morgan fingerprint density at radius 1 is 1.39 bits per heavy atom. The summed E-state index contributed by atoms with van der Waals surface area (Å²) in [5.74, 6) is -1.31. The number of aromatic nitrogens is 1. The number of aliphatic hydroxyl groups is 2. The highest BCUT2D eigenvalue weighted by atomic mass is 32.2. The van der Waals surface area contributed by atoms with Gasteiger partial charge in [0.25, 0.3) is 0 Å². The molecular weight excluding hydrogens is 469 g/mol. The Kier molecular flexibility index (Phi) is 7.98. The Balaban J connectivity index is 2.62. The molecule has 0 unspecified atom stereocenters. The van der Waals surface area contributed by atoms with Crippen molar-refractivity contribution < 1.29 is 23.6 Å². The molecule has 0 aliphatic carbocycles. The van der Waals surface area contributed by atoms with Gasteiger partial charge in [0.2, 0.25) is 0 Å². The highest BCUT2D eigenvalue weighted by Crippen LogP contribution is 2.37. The number of carbonyl (C=O) groups is 1. The van der Waals surface area contributed by atoms with Gasteiger partial charge in [0.1, 0.15) is 26.7 Å². The fraction of sp³-hybridized carbons (Fsp3) is 0.476. The van der Waals surface area contributed by atoms with Crippen molar-refractivity contribution >= 4 is 33.0 Å². The SMILES string of the molecule is CC(C)c1cc(C#N)c(F)c(C(C)C)c1NC(=O)N=[S@](N)(=O)c1sc(C(C)(C)O)nc1CO. The molecule has 1 aromatic heterocycles. The van der Waals surface area contributed by atoms with Crippen molar-refractivity contribution in [3.05, 3.63) is 39.3 Å². The summed E-state index contributed by atoms with van der Waals surface area (Å²) < 4.78 is 31.5. The molecule has 33 heavy (non-hydrogen) atoms. The summed E-state index contributed by atoms with van der Waals surface area (Å²) in [4.78, 5) is 16.8. The van der Waals surface area contributed by atoms with Gasteiger partial charge in [-0.25, -0.2) is 23.5 Å². The number of nitrogens with zero attached hydrogens (tertiary/aromatic N) is 3. The van der Waals surface area contributed by atoms with Gasteiger partial charge < -0.3 is 15.5 Å². The Bertz CT molecular complexity index is 1230. The number of aliphatic hydroxyl groups excluding tert-OH is 1. The summed E-state index contributed by atoms with van der Waals surface area (Å²) in [6.45, 7) is 9.36. The normalized spacial score (nSPS) is 13.7. The third-order valence-electron chi connectivity index (χ3n) is 4.70. The number of nitrogens with one attached hydrogen (secondary N) is 1. The second-order valence-corrected chi connectivity index (χ2v) is 11.6. The van der Waals surface area contributed by atoms with Crippen molar-refractivity contribution in [3.8, 4) is 6.07 Å². The van der Waals surface area contributed by atoms with Crippen LogP contribution in [0.5, 0.6) is 0 Å². The van der Waals surface area contributed by atoms with E-state index in [1.807, 2.05) is 19.9 Å². The van der Waals surface area contributed by atoms with Crippen molar-refractivity contribution in [2.45, 2.75) is 69.8 Å². The average Bonchev–Trinajstić information content (AvgIpc) is 3.13. The van der Waals surface area contributed by atoms with E-state index in [1.165, 1.54) is 19.9 Å². The first kappa shape index (κ1) is 26.8. The van der Waals surface area contributed by atoms with Gasteiger partial charge in [0.05, 0.1) is 23.6 Å². The summed E-state index contributed by atoms with van der Waals surface area (Å²) in [7, 11) is -3.85. The van der Waals surface area contributed by atoms with Crippen molar-refractivity contribution in [1.82, 2.24) is 4.98 Å². The van der Waals surface area contributed by atoms with E-state index in [0.29, 0.717) is 5.56 Å². The monoisotopic (exact) mass is 497 g/mol. The predicted octanol–water partition coefficient (Wildman–Crippen LogP) is 4.05. The van der Waals surface area contributed by atoms with E-state index >= 15 is 0 Å². The molecule has 2 rings (SSSR count). The second kappa shape index (κ2) is 9.82. The van der Waals surface area contributed by atoms with Gasteiger partial charge in [-0.3, -0.25) is 0 Å². The van der Waals surface area contributed by atoms with E-state index in [1.54, 1.807) is 13.8 Å². The van der Waals surface area contributed by atoms with Gasteiger partial charge in [-0.1, -0.05) is 27.7 Å². The number of halogens is 1. The molecule has 0 radical (unpaired) electrons. The number of carbonyl (C=O) groups excluding carboxylic acids is 1. The van der Waals surface area contributed by atoms with Gasteiger partial charge in [-0.2, -0.15) is 5.26 Å². The number of benzene rings is 1. The molecule has 0 saturated carbocycles. The van der Waals surface area contributed by atoms with Crippen LogP contribution in [0.1, 0.15) is 80.8 Å². The highest BCUT2D eigenvalue weighted by molar-refractivity contribution is 7.93. The van der Waals surface area contributed by atoms with Gasteiger partial charge >= 0.3 is 6.03 Å². The van der Waals surface area contributed by atoms with E-state index in [4.69, 9.17) is 5.14 Å². The van der Waals surface area contributed by atoms with E-state index in [-0.39, 0.29) is 43.6 Å². The van der Waals surface area contributed by atoms with E-state index < -0.39 is 34.0 Å². The minimum Gasteiger partial charge on any atom is -0.390 e. The first-order valence-electron chi connectivity index (χ1n) is 10.1. The van der Waals surface area contributed by atoms with E-state index in [0.717, 1.165) is 11.3 Å². The average molecular weight is 498 g/mol. The predicted molar refractivity (Wildman–Crippen MR) is 125 cm³/mol. The number of anilines is 1. The smallest absolute Gasteiger partial charge is 0.354 e. The van der Waals surface area contributed by atoms with Gasteiger partial charge in [0.15, 0.2) is 9.92 Å². The Morgan fingerprint density at radius 2 is 2.00 bits per heavy atom. The minimum atomic E-state index is -3.85. The number of thiazole rings is 1. The van der Waals surface area contributed by atoms with Gasteiger partial charge in [-0.05, 0) is 37.3 Å². The van der Waals surface area contributed by atoms with Crippen LogP contribution in [-0.2, 0) is 22.1 Å². The Labute approximate surface area is 196 Å². The number of urea groups is 1. The van der Waals surface area contributed by atoms with Crippen LogP contribution in [0.3, 0.4) is 0 Å². The van der Waals surface area contributed by atoms with Crippen LogP contribution in [0.2, 0.25) is 0 Å². The zero-order chi connectivity index (χ0) is 25.3. The lowest BCUT2D eigenvalue weighted by Gasteiger charge is -2.21. The molecule has 0 aliphatic rings. The number of rotatable bonds is 6. The first-order chi connectivity index (χ1) is 15.1. The molecule has 5 N–H and O–H groups in total. The third kappa shape index (κ3) is 5.74. The zero-order valence-electron chi connectivity index (χ0n) is 19.3. The fourth-order valence-electron chi connectivity index (χ4n) is 3.14. The summed E-state index contributed by atoms with van der Waals surface area (Å²) in [6, 6.07) is 2.11. The van der Waals surface area contributed by atoms with Gasteiger partial charge in [0, 0.05) is 5.56 Å². The number of hydrogen-bond donors (Lipinski definition) is 4. The molecule has 0 fully saturated rings. The van der Waals surface area contributed by atoms with Crippen LogP contribution in [0.4, 0.5) is 14.9 Å². The van der Waals surface area contributed by atoms with Crippen LogP contribution in [0.15, 0.2) is 14.6 Å². The second-order valence-electron chi connectivity index (χ2n) is 8.60. The molecule has 0 aliphatic heterocycles. The standard InChI is InChI=1S/C21H28FN5O4S2/c1-10(2)13-7-12(8-23)16(22)15(11(3)4)17(13)26-20(29)27-33(24,31)18-14(9-28)25-19(32-18)21(5,6)30/h7,10-11,28,30H,9H2,1-6H3,(H3,24,26,27,29,31)/t33-/m0/s1. The lowest BCUT2D eigenvalue weighted by molar-refractivity contribution is 0.0779. The number of nitrogens with two attached hydrogens (primary N) is 1. The Hall–Kier alpha value is -2.43. The maximum Gasteiger partial charge on any atom is 0.354 e. The van der Waals surface area contributed by atoms with Gasteiger partial charge in [-0.15, -0.1) is 15.7 Å².